The van der Waals surface area contributed by atoms with Gasteiger partial charge in [0, 0.05) is 22.7 Å². The summed E-state index contributed by atoms with van der Waals surface area (Å²) >= 11 is 8.13. The van der Waals surface area contributed by atoms with Crippen LogP contribution in [0.2, 0.25) is 5.02 Å². The molecule has 3 rings (SSSR count). The second-order valence-electron chi connectivity index (χ2n) is 5.61. The van der Waals surface area contributed by atoms with Crippen molar-refractivity contribution in [1.29, 1.82) is 0 Å². The van der Waals surface area contributed by atoms with E-state index in [0.717, 1.165) is 10.3 Å². The summed E-state index contributed by atoms with van der Waals surface area (Å²) < 4.78 is 0. The molecule has 21 heavy (non-hydrogen) atoms. The molecule has 1 heterocycles. The van der Waals surface area contributed by atoms with Gasteiger partial charge in [0.2, 0.25) is 0 Å². The van der Waals surface area contributed by atoms with Gasteiger partial charge in [-0.05, 0) is 42.2 Å². The molecule has 0 bridgehead atoms. The molecular weight excluding hydrogens is 298 g/mol. The fourth-order valence-corrected chi connectivity index (χ4v) is 4.64. The van der Waals surface area contributed by atoms with E-state index in [-0.39, 0.29) is 0 Å². The first-order valence-electron chi connectivity index (χ1n) is 7.64. The highest BCUT2D eigenvalue weighted by Gasteiger charge is 2.22. The average Bonchev–Trinajstić information content (AvgIpc) is 2.55. The Morgan fingerprint density at radius 3 is 2.43 bits per heavy atom. The zero-order valence-electron chi connectivity index (χ0n) is 12.0. The van der Waals surface area contributed by atoms with Gasteiger partial charge in [-0.15, -0.1) is 11.8 Å². The Bertz CT molecular complexity index is 549. The van der Waals surface area contributed by atoms with Gasteiger partial charge in [0.1, 0.15) is 0 Å². The fourth-order valence-electron chi connectivity index (χ4n) is 2.91. The normalized spacial score (nSPS) is 17.6. The predicted octanol–water partition coefficient (Wildman–Crippen LogP) is 5.89. The molecular formula is C18H20ClNS. The molecule has 0 saturated heterocycles. The minimum absolute atomic E-state index is 0.360. The van der Waals surface area contributed by atoms with Crippen LogP contribution in [0.4, 0.5) is 0 Å². The molecule has 0 N–H and O–H groups in total. The zero-order valence-corrected chi connectivity index (χ0v) is 13.6. The second-order valence-corrected chi connectivity index (χ2v) is 7.46. The van der Waals surface area contributed by atoms with Crippen molar-refractivity contribution in [3.63, 3.8) is 0 Å². The van der Waals surface area contributed by atoms with E-state index >= 15 is 0 Å². The topological polar surface area (TPSA) is 12.9 Å². The van der Waals surface area contributed by atoms with Crippen LogP contribution < -0.4 is 0 Å². The highest BCUT2D eigenvalue weighted by atomic mass is 35.5. The first kappa shape index (κ1) is 14.9. The van der Waals surface area contributed by atoms with Gasteiger partial charge in [0.15, 0.2) is 0 Å². The van der Waals surface area contributed by atoms with Gasteiger partial charge in [0.25, 0.3) is 0 Å². The Kier molecular flexibility index (Phi) is 5.21. The zero-order chi connectivity index (χ0) is 14.5. The Balaban J connectivity index is 1.85. The van der Waals surface area contributed by atoms with E-state index in [9.17, 15) is 0 Å². The van der Waals surface area contributed by atoms with E-state index in [0.29, 0.717) is 5.25 Å². The van der Waals surface area contributed by atoms with Crippen LogP contribution in [0.1, 0.15) is 48.5 Å². The molecule has 110 valence electrons. The number of nitrogens with zero attached hydrogens (tertiary/aromatic N) is 1. The average molecular weight is 318 g/mol. The first-order chi connectivity index (χ1) is 10.3. The molecule has 1 fully saturated rings. The van der Waals surface area contributed by atoms with Crippen molar-refractivity contribution < 1.29 is 0 Å². The molecule has 0 amide bonds. The molecule has 2 aromatic rings. The third-order valence-electron chi connectivity index (χ3n) is 4.04. The number of rotatable bonds is 4. The summed E-state index contributed by atoms with van der Waals surface area (Å²) in [5.41, 5.74) is 2.61. The Labute approximate surface area is 136 Å². The maximum Gasteiger partial charge on any atom is 0.0564 e. The molecule has 1 saturated carbocycles. The predicted molar refractivity (Wildman–Crippen MR) is 92.0 cm³/mol. The van der Waals surface area contributed by atoms with Crippen molar-refractivity contribution in [2.45, 2.75) is 42.6 Å². The lowest BCUT2D eigenvalue weighted by Crippen LogP contribution is -2.11. The number of hydrogen-bond donors (Lipinski definition) is 0. The van der Waals surface area contributed by atoms with Crippen LogP contribution in [0.25, 0.3) is 0 Å². The number of aromatic nitrogens is 1. The van der Waals surface area contributed by atoms with Gasteiger partial charge in [-0.3, -0.25) is 4.98 Å². The molecule has 0 spiro atoms. The van der Waals surface area contributed by atoms with Crippen molar-refractivity contribution in [2.24, 2.45) is 0 Å². The molecule has 1 unspecified atom stereocenters. The summed E-state index contributed by atoms with van der Waals surface area (Å²) in [7, 11) is 0. The van der Waals surface area contributed by atoms with Crippen LogP contribution >= 0.6 is 23.4 Å². The van der Waals surface area contributed by atoms with E-state index in [1.54, 1.807) is 0 Å². The quantitative estimate of drug-likeness (QED) is 0.697. The summed E-state index contributed by atoms with van der Waals surface area (Å²) in [5, 5.41) is 1.92. The molecule has 1 atom stereocenters. The maximum absolute atomic E-state index is 6.04. The van der Waals surface area contributed by atoms with E-state index < -0.39 is 0 Å². The fraction of sp³-hybridized carbons (Fsp3) is 0.389. The summed E-state index contributed by atoms with van der Waals surface area (Å²) in [5.74, 6) is 0. The Morgan fingerprint density at radius 2 is 1.76 bits per heavy atom. The summed E-state index contributed by atoms with van der Waals surface area (Å²) in [4.78, 5) is 4.30. The molecule has 1 aliphatic rings. The van der Waals surface area contributed by atoms with Crippen LogP contribution in [-0.2, 0) is 0 Å². The molecule has 1 aromatic heterocycles. The number of benzene rings is 1. The van der Waals surface area contributed by atoms with Crippen LogP contribution in [-0.4, -0.2) is 10.2 Å². The van der Waals surface area contributed by atoms with Gasteiger partial charge in [-0.25, -0.2) is 0 Å². The van der Waals surface area contributed by atoms with Crippen molar-refractivity contribution in [2.75, 3.05) is 0 Å². The standard InChI is InChI=1S/C18H20ClNS/c19-16-10-8-14(9-11-16)18(15-5-4-12-20-13-15)21-17-6-2-1-3-7-17/h4-5,8-13,17-18H,1-3,6-7H2. The van der Waals surface area contributed by atoms with Gasteiger partial charge < -0.3 is 0 Å². The summed E-state index contributed by atoms with van der Waals surface area (Å²) in [6.07, 6.45) is 10.7. The van der Waals surface area contributed by atoms with Crippen LogP contribution in [0.3, 0.4) is 0 Å². The van der Waals surface area contributed by atoms with Gasteiger partial charge in [0.05, 0.1) is 5.25 Å². The largest absolute Gasteiger partial charge is 0.264 e. The smallest absolute Gasteiger partial charge is 0.0564 e. The van der Waals surface area contributed by atoms with E-state index in [4.69, 9.17) is 11.6 Å². The van der Waals surface area contributed by atoms with Crippen LogP contribution in [0, 0.1) is 0 Å². The number of hydrogen-bond acceptors (Lipinski definition) is 2. The van der Waals surface area contributed by atoms with Crippen molar-refractivity contribution in [1.82, 2.24) is 4.98 Å². The number of pyridine rings is 1. The van der Waals surface area contributed by atoms with E-state index in [2.05, 4.69) is 34.9 Å². The lowest BCUT2D eigenvalue weighted by atomic mass is 10.0. The maximum atomic E-state index is 6.04. The third-order valence-corrected chi connectivity index (χ3v) is 5.97. The number of halogens is 1. The van der Waals surface area contributed by atoms with Gasteiger partial charge >= 0.3 is 0 Å². The van der Waals surface area contributed by atoms with E-state index in [1.807, 2.05) is 30.6 Å². The minimum Gasteiger partial charge on any atom is -0.264 e. The molecule has 1 nitrogen and oxygen atoms in total. The van der Waals surface area contributed by atoms with Crippen molar-refractivity contribution in [3.05, 3.63) is 64.9 Å². The molecule has 1 aliphatic carbocycles. The van der Waals surface area contributed by atoms with E-state index in [1.165, 1.54) is 43.2 Å². The van der Waals surface area contributed by atoms with Gasteiger partial charge in [-0.2, -0.15) is 0 Å². The molecule has 1 aromatic carbocycles. The Hall–Kier alpha value is -0.990. The SMILES string of the molecule is Clc1ccc(C(SC2CCCCC2)c2cccnc2)cc1. The molecule has 0 aliphatic heterocycles. The third kappa shape index (κ3) is 4.02. The second kappa shape index (κ2) is 7.33. The first-order valence-corrected chi connectivity index (χ1v) is 8.96. The van der Waals surface area contributed by atoms with Crippen LogP contribution in [0.15, 0.2) is 48.8 Å². The van der Waals surface area contributed by atoms with Gasteiger partial charge in [-0.1, -0.05) is 49.1 Å². The van der Waals surface area contributed by atoms with Crippen molar-refractivity contribution in [3.8, 4) is 0 Å². The molecule has 3 heteroatoms. The molecule has 0 radical (unpaired) electrons. The Morgan fingerprint density at radius 1 is 1.00 bits per heavy atom. The lowest BCUT2D eigenvalue weighted by molar-refractivity contribution is 0.515. The highest BCUT2D eigenvalue weighted by Crippen LogP contribution is 2.42. The lowest BCUT2D eigenvalue weighted by Gasteiger charge is -2.26. The van der Waals surface area contributed by atoms with Crippen molar-refractivity contribution >= 4 is 23.4 Å². The highest BCUT2D eigenvalue weighted by molar-refractivity contribution is 8.00. The summed E-state index contributed by atoms with van der Waals surface area (Å²) in [6, 6.07) is 12.5. The number of thioether (sulfide) groups is 1. The minimum atomic E-state index is 0.360. The summed E-state index contributed by atoms with van der Waals surface area (Å²) in [6.45, 7) is 0. The monoisotopic (exact) mass is 317 g/mol. The van der Waals surface area contributed by atoms with Crippen LogP contribution in [0.5, 0.6) is 0 Å².